The number of aromatic nitrogens is 1. The zero-order valence-electron chi connectivity index (χ0n) is 7.94. The van der Waals surface area contributed by atoms with Gasteiger partial charge in [-0.15, -0.1) is 0 Å². The van der Waals surface area contributed by atoms with Crippen LogP contribution in [0.1, 0.15) is 12.0 Å². The van der Waals surface area contributed by atoms with Crippen molar-refractivity contribution in [2.75, 3.05) is 13.2 Å². The van der Waals surface area contributed by atoms with Gasteiger partial charge in [-0.1, -0.05) is 0 Å². The summed E-state index contributed by atoms with van der Waals surface area (Å²) in [5, 5.41) is 11.1. The Bertz CT molecular complexity index is 275. The normalized spacial score (nSPS) is 9.79. The van der Waals surface area contributed by atoms with E-state index in [1.165, 1.54) is 0 Å². The zero-order chi connectivity index (χ0) is 10.2. The number of nitrogens with zero attached hydrogens (tertiary/aromatic N) is 1. The van der Waals surface area contributed by atoms with E-state index in [-0.39, 0.29) is 12.5 Å². The Balaban J connectivity index is 2.24. The molecule has 0 saturated heterocycles. The van der Waals surface area contributed by atoms with E-state index in [1.54, 1.807) is 12.4 Å². The van der Waals surface area contributed by atoms with Gasteiger partial charge in [0.15, 0.2) is 0 Å². The number of hydrogen-bond donors (Lipinski definition) is 2. The fourth-order valence-electron chi connectivity index (χ4n) is 1.09. The van der Waals surface area contributed by atoms with Crippen LogP contribution in [0.15, 0.2) is 24.5 Å². The van der Waals surface area contributed by atoms with Crippen molar-refractivity contribution in [2.45, 2.75) is 12.8 Å². The third-order valence-electron chi connectivity index (χ3n) is 1.82. The van der Waals surface area contributed by atoms with E-state index in [1.807, 2.05) is 12.1 Å². The summed E-state index contributed by atoms with van der Waals surface area (Å²) in [6.07, 6.45) is 4.58. The van der Waals surface area contributed by atoms with Gasteiger partial charge in [-0.3, -0.25) is 9.78 Å². The highest BCUT2D eigenvalue weighted by Gasteiger charge is 2.00. The SMILES string of the molecule is O=C(CCc1ccncc1)NCCO. The Morgan fingerprint density at radius 1 is 1.43 bits per heavy atom. The number of aryl methyl sites for hydroxylation is 1. The minimum Gasteiger partial charge on any atom is -0.395 e. The molecule has 0 aromatic carbocycles. The molecule has 1 heterocycles. The van der Waals surface area contributed by atoms with E-state index >= 15 is 0 Å². The van der Waals surface area contributed by atoms with E-state index in [9.17, 15) is 4.79 Å². The average Bonchev–Trinajstić information content (AvgIpc) is 2.25. The summed E-state index contributed by atoms with van der Waals surface area (Å²) < 4.78 is 0. The Hall–Kier alpha value is -1.42. The predicted octanol–water partition coefficient (Wildman–Crippen LogP) is 0.123. The van der Waals surface area contributed by atoms with Gasteiger partial charge >= 0.3 is 0 Å². The standard InChI is InChI=1S/C10H14N2O2/c13-8-7-12-10(14)2-1-9-3-5-11-6-4-9/h3-6,13H,1-2,7-8H2,(H,12,14). The molecule has 1 aromatic rings. The van der Waals surface area contributed by atoms with Crippen LogP contribution in [0.25, 0.3) is 0 Å². The summed E-state index contributed by atoms with van der Waals surface area (Å²) in [5.74, 6) is -0.0316. The number of rotatable bonds is 5. The summed E-state index contributed by atoms with van der Waals surface area (Å²) in [4.78, 5) is 15.0. The maximum Gasteiger partial charge on any atom is 0.220 e. The lowest BCUT2D eigenvalue weighted by molar-refractivity contribution is -0.121. The molecular weight excluding hydrogens is 180 g/mol. The Labute approximate surface area is 83.0 Å². The molecule has 4 nitrogen and oxygen atoms in total. The van der Waals surface area contributed by atoms with Crippen molar-refractivity contribution < 1.29 is 9.90 Å². The molecule has 0 spiro atoms. The molecule has 1 amide bonds. The molecule has 0 saturated carbocycles. The molecule has 0 unspecified atom stereocenters. The average molecular weight is 194 g/mol. The van der Waals surface area contributed by atoms with Gasteiger partial charge in [0.05, 0.1) is 6.61 Å². The van der Waals surface area contributed by atoms with E-state index in [0.717, 1.165) is 5.56 Å². The fourth-order valence-corrected chi connectivity index (χ4v) is 1.09. The Morgan fingerprint density at radius 2 is 2.14 bits per heavy atom. The maximum absolute atomic E-state index is 11.1. The van der Waals surface area contributed by atoms with Gasteiger partial charge in [0, 0.05) is 25.4 Å². The molecule has 0 bridgehead atoms. The second kappa shape index (κ2) is 6.10. The first-order valence-corrected chi connectivity index (χ1v) is 4.59. The molecule has 0 radical (unpaired) electrons. The molecule has 0 atom stereocenters. The zero-order valence-corrected chi connectivity index (χ0v) is 7.94. The van der Waals surface area contributed by atoms with Crippen molar-refractivity contribution in [3.63, 3.8) is 0 Å². The van der Waals surface area contributed by atoms with Crippen LogP contribution in [0.5, 0.6) is 0 Å². The highest BCUT2D eigenvalue weighted by molar-refractivity contribution is 5.76. The first-order chi connectivity index (χ1) is 6.83. The Kier molecular flexibility index (Phi) is 4.64. The third kappa shape index (κ3) is 4.00. The Morgan fingerprint density at radius 3 is 2.79 bits per heavy atom. The molecule has 0 aliphatic rings. The number of aliphatic hydroxyl groups is 1. The summed E-state index contributed by atoms with van der Waals surface area (Å²) in [7, 11) is 0. The molecular formula is C10H14N2O2. The van der Waals surface area contributed by atoms with Crippen LogP contribution in [-0.2, 0) is 11.2 Å². The van der Waals surface area contributed by atoms with Crippen molar-refractivity contribution >= 4 is 5.91 Å². The van der Waals surface area contributed by atoms with Gasteiger partial charge in [-0.05, 0) is 24.1 Å². The van der Waals surface area contributed by atoms with Crippen LogP contribution >= 0.6 is 0 Å². The topological polar surface area (TPSA) is 62.2 Å². The minimum atomic E-state index is -0.0316. The number of carbonyl (C=O) groups is 1. The van der Waals surface area contributed by atoms with Gasteiger partial charge in [0.1, 0.15) is 0 Å². The lowest BCUT2D eigenvalue weighted by Crippen LogP contribution is -2.26. The molecule has 0 fully saturated rings. The van der Waals surface area contributed by atoms with Crippen LogP contribution in [-0.4, -0.2) is 29.1 Å². The smallest absolute Gasteiger partial charge is 0.220 e. The predicted molar refractivity (Wildman–Crippen MR) is 52.7 cm³/mol. The third-order valence-corrected chi connectivity index (χ3v) is 1.82. The number of carbonyl (C=O) groups excluding carboxylic acids is 1. The van der Waals surface area contributed by atoms with Gasteiger partial charge < -0.3 is 10.4 Å². The summed E-state index contributed by atoms with van der Waals surface area (Å²) in [5.41, 5.74) is 1.10. The monoisotopic (exact) mass is 194 g/mol. The molecule has 0 aliphatic carbocycles. The molecule has 14 heavy (non-hydrogen) atoms. The first-order valence-electron chi connectivity index (χ1n) is 4.59. The highest BCUT2D eigenvalue weighted by atomic mass is 16.3. The van der Waals surface area contributed by atoms with E-state index in [2.05, 4.69) is 10.3 Å². The van der Waals surface area contributed by atoms with Gasteiger partial charge in [0.25, 0.3) is 0 Å². The van der Waals surface area contributed by atoms with Crippen LogP contribution < -0.4 is 5.32 Å². The number of amides is 1. The first kappa shape index (κ1) is 10.7. The van der Waals surface area contributed by atoms with E-state index < -0.39 is 0 Å². The maximum atomic E-state index is 11.1. The molecule has 1 rings (SSSR count). The molecule has 1 aromatic heterocycles. The molecule has 76 valence electrons. The number of aliphatic hydroxyl groups excluding tert-OH is 1. The lowest BCUT2D eigenvalue weighted by atomic mass is 10.1. The second-order valence-corrected chi connectivity index (χ2v) is 2.93. The van der Waals surface area contributed by atoms with Crippen LogP contribution in [0, 0.1) is 0 Å². The van der Waals surface area contributed by atoms with Crippen LogP contribution in [0.3, 0.4) is 0 Å². The largest absolute Gasteiger partial charge is 0.395 e. The van der Waals surface area contributed by atoms with Crippen LogP contribution in [0.4, 0.5) is 0 Å². The molecule has 0 aliphatic heterocycles. The number of nitrogens with one attached hydrogen (secondary N) is 1. The van der Waals surface area contributed by atoms with Crippen LogP contribution in [0.2, 0.25) is 0 Å². The summed E-state index contributed by atoms with van der Waals surface area (Å²) in [6, 6.07) is 3.78. The van der Waals surface area contributed by atoms with Gasteiger partial charge in [-0.2, -0.15) is 0 Å². The number of hydrogen-bond acceptors (Lipinski definition) is 3. The van der Waals surface area contributed by atoms with E-state index in [0.29, 0.717) is 19.4 Å². The fraction of sp³-hybridized carbons (Fsp3) is 0.400. The van der Waals surface area contributed by atoms with Crippen molar-refractivity contribution in [1.29, 1.82) is 0 Å². The van der Waals surface area contributed by atoms with Crippen molar-refractivity contribution in [1.82, 2.24) is 10.3 Å². The quantitative estimate of drug-likeness (QED) is 0.700. The number of pyridine rings is 1. The molecule has 4 heteroatoms. The summed E-state index contributed by atoms with van der Waals surface area (Å²) >= 11 is 0. The lowest BCUT2D eigenvalue weighted by Gasteiger charge is -2.02. The second-order valence-electron chi connectivity index (χ2n) is 2.93. The van der Waals surface area contributed by atoms with Crippen molar-refractivity contribution in [3.8, 4) is 0 Å². The van der Waals surface area contributed by atoms with E-state index in [4.69, 9.17) is 5.11 Å². The highest BCUT2D eigenvalue weighted by Crippen LogP contribution is 2.00. The van der Waals surface area contributed by atoms with Gasteiger partial charge in [0.2, 0.25) is 5.91 Å². The summed E-state index contributed by atoms with van der Waals surface area (Å²) in [6.45, 7) is 0.316. The van der Waals surface area contributed by atoms with Crippen molar-refractivity contribution in [2.24, 2.45) is 0 Å². The molecule has 2 N–H and O–H groups in total. The van der Waals surface area contributed by atoms with Gasteiger partial charge in [-0.25, -0.2) is 0 Å². The minimum absolute atomic E-state index is 0.0129. The van der Waals surface area contributed by atoms with Crippen molar-refractivity contribution in [3.05, 3.63) is 30.1 Å².